The van der Waals surface area contributed by atoms with Crippen molar-refractivity contribution in [2.24, 2.45) is 0 Å². The Labute approximate surface area is 87.9 Å². The first-order chi connectivity index (χ1) is 7.05. The number of halogens is 6. The molecule has 0 aliphatic carbocycles. The number of hydrogen-bond donors (Lipinski definition) is 0. The summed E-state index contributed by atoms with van der Waals surface area (Å²) in [5.74, 6) is 0. The van der Waals surface area contributed by atoms with Crippen LogP contribution in [0, 0.1) is 13.8 Å². The second-order valence-corrected chi connectivity index (χ2v) is 3.28. The van der Waals surface area contributed by atoms with Crippen molar-refractivity contribution in [1.82, 2.24) is 0 Å². The molecule has 0 fully saturated rings. The molecular weight excluding hydrogens is 234 g/mol. The van der Waals surface area contributed by atoms with Gasteiger partial charge >= 0.3 is 12.4 Å². The number of rotatable bonds is 0. The summed E-state index contributed by atoms with van der Waals surface area (Å²) in [6.45, 7) is 3.97. The zero-order chi connectivity index (χ0) is 12.7. The Morgan fingerprint density at radius 2 is 1.44 bits per heavy atom. The molecule has 0 nitrogen and oxygen atoms in total. The molecule has 0 unspecified atom stereocenters. The maximum atomic E-state index is 12.5. The molecule has 1 aromatic rings. The van der Waals surface area contributed by atoms with E-state index >= 15 is 0 Å². The SMILES string of the molecule is [CH2]c1c(C(F)(F)F)ccc(C)c1C(F)(F)F. The zero-order valence-electron chi connectivity index (χ0n) is 8.13. The molecule has 16 heavy (non-hydrogen) atoms. The summed E-state index contributed by atoms with van der Waals surface area (Å²) in [5.41, 5.74) is -3.97. The second-order valence-electron chi connectivity index (χ2n) is 3.28. The van der Waals surface area contributed by atoms with Crippen molar-refractivity contribution in [3.05, 3.63) is 41.3 Å². The fraction of sp³-hybridized carbons (Fsp3) is 0.300. The van der Waals surface area contributed by atoms with E-state index in [1.807, 2.05) is 0 Å². The molecule has 1 radical (unpaired) electrons. The molecule has 1 aromatic carbocycles. The lowest BCUT2D eigenvalue weighted by Gasteiger charge is -2.18. The lowest BCUT2D eigenvalue weighted by Crippen LogP contribution is -2.15. The van der Waals surface area contributed by atoms with E-state index in [9.17, 15) is 26.3 Å². The Hall–Kier alpha value is -1.20. The number of hydrogen-bond acceptors (Lipinski definition) is 0. The predicted molar refractivity (Wildman–Crippen MR) is 45.6 cm³/mol. The summed E-state index contributed by atoms with van der Waals surface area (Å²) < 4.78 is 74.4. The van der Waals surface area contributed by atoms with Crippen LogP contribution in [0.2, 0.25) is 0 Å². The van der Waals surface area contributed by atoms with Crippen LogP contribution in [0.1, 0.15) is 22.3 Å². The smallest absolute Gasteiger partial charge is 0.166 e. The van der Waals surface area contributed by atoms with Gasteiger partial charge in [-0.05, 0) is 31.0 Å². The van der Waals surface area contributed by atoms with Crippen LogP contribution >= 0.6 is 0 Å². The van der Waals surface area contributed by atoms with Crippen molar-refractivity contribution in [3.8, 4) is 0 Å². The van der Waals surface area contributed by atoms with Crippen LogP contribution < -0.4 is 0 Å². The van der Waals surface area contributed by atoms with E-state index < -0.39 is 29.0 Å². The van der Waals surface area contributed by atoms with Crippen molar-refractivity contribution in [3.63, 3.8) is 0 Å². The normalized spacial score (nSPS) is 13.0. The van der Waals surface area contributed by atoms with Gasteiger partial charge in [0, 0.05) is 0 Å². The van der Waals surface area contributed by atoms with Crippen LogP contribution in [-0.4, -0.2) is 0 Å². The number of aryl methyl sites for hydroxylation is 1. The van der Waals surface area contributed by atoms with E-state index in [-0.39, 0.29) is 5.56 Å². The average Bonchev–Trinajstić information content (AvgIpc) is 1.97. The van der Waals surface area contributed by atoms with Gasteiger partial charge in [-0.15, -0.1) is 0 Å². The number of benzene rings is 1. The van der Waals surface area contributed by atoms with Gasteiger partial charge in [-0.2, -0.15) is 26.3 Å². The third kappa shape index (κ3) is 2.31. The van der Waals surface area contributed by atoms with E-state index in [1.165, 1.54) is 0 Å². The van der Waals surface area contributed by atoms with Crippen LogP contribution in [0.5, 0.6) is 0 Å². The molecule has 0 heterocycles. The Bertz CT molecular complexity index is 399. The highest BCUT2D eigenvalue weighted by Crippen LogP contribution is 2.40. The Morgan fingerprint density at radius 1 is 0.938 bits per heavy atom. The van der Waals surface area contributed by atoms with Crippen LogP contribution in [0.4, 0.5) is 26.3 Å². The molecule has 0 aliphatic rings. The molecule has 0 bridgehead atoms. The summed E-state index contributed by atoms with van der Waals surface area (Å²) in [5, 5.41) is 0. The molecule has 0 aliphatic heterocycles. The molecule has 0 saturated carbocycles. The summed E-state index contributed by atoms with van der Waals surface area (Å²) in [7, 11) is 0. The summed E-state index contributed by atoms with van der Waals surface area (Å²) in [6.07, 6.45) is -9.66. The van der Waals surface area contributed by atoms with Gasteiger partial charge in [-0.25, -0.2) is 0 Å². The molecule has 0 atom stereocenters. The van der Waals surface area contributed by atoms with Gasteiger partial charge in [-0.3, -0.25) is 0 Å². The molecule has 0 aromatic heterocycles. The van der Waals surface area contributed by atoms with Gasteiger partial charge < -0.3 is 0 Å². The monoisotopic (exact) mass is 241 g/mol. The van der Waals surface area contributed by atoms with Crippen molar-refractivity contribution < 1.29 is 26.3 Å². The third-order valence-corrected chi connectivity index (χ3v) is 2.11. The zero-order valence-corrected chi connectivity index (χ0v) is 8.13. The van der Waals surface area contributed by atoms with Crippen molar-refractivity contribution >= 4 is 0 Å². The quantitative estimate of drug-likeness (QED) is 0.596. The minimum atomic E-state index is -4.83. The predicted octanol–water partition coefficient (Wildman–Crippen LogP) is 4.21. The van der Waals surface area contributed by atoms with Crippen LogP contribution in [0.25, 0.3) is 0 Å². The third-order valence-electron chi connectivity index (χ3n) is 2.11. The van der Waals surface area contributed by atoms with Gasteiger partial charge in [0.05, 0.1) is 11.1 Å². The molecule has 6 heteroatoms. The second kappa shape index (κ2) is 3.68. The van der Waals surface area contributed by atoms with Crippen molar-refractivity contribution in [2.45, 2.75) is 19.3 Å². The standard InChI is InChI=1S/C10H7F6/c1-5-3-4-7(9(11,12)13)6(2)8(5)10(14,15)16/h3-4H,2H2,1H3. The average molecular weight is 241 g/mol. The van der Waals surface area contributed by atoms with E-state index in [2.05, 4.69) is 6.92 Å². The van der Waals surface area contributed by atoms with E-state index in [0.717, 1.165) is 13.0 Å². The van der Waals surface area contributed by atoms with Gasteiger partial charge in [0.15, 0.2) is 0 Å². The van der Waals surface area contributed by atoms with Crippen molar-refractivity contribution in [1.29, 1.82) is 0 Å². The fourth-order valence-electron chi connectivity index (χ4n) is 1.43. The van der Waals surface area contributed by atoms with E-state index in [4.69, 9.17) is 0 Å². The lowest BCUT2D eigenvalue weighted by molar-refractivity contribution is -0.143. The Balaban J connectivity index is 3.52. The Morgan fingerprint density at radius 3 is 1.81 bits per heavy atom. The maximum absolute atomic E-state index is 12.5. The first kappa shape index (κ1) is 12.9. The summed E-state index contributed by atoms with van der Waals surface area (Å²) in [6, 6.07) is 1.40. The highest BCUT2D eigenvalue weighted by Gasteiger charge is 2.40. The first-order valence-corrected chi connectivity index (χ1v) is 4.15. The first-order valence-electron chi connectivity index (χ1n) is 4.15. The van der Waals surface area contributed by atoms with Crippen LogP contribution in [0.15, 0.2) is 12.1 Å². The largest absolute Gasteiger partial charge is 0.416 e. The van der Waals surface area contributed by atoms with Gasteiger partial charge in [0.2, 0.25) is 0 Å². The van der Waals surface area contributed by atoms with Crippen molar-refractivity contribution in [2.75, 3.05) is 0 Å². The Kier molecular flexibility index (Phi) is 2.96. The van der Waals surface area contributed by atoms with Gasteiger partial charge in [0.25, 0.3) is 0 Å². The lowest BCUT2D eigenvalue weighted by atomic mass is 9.97. The molecule has 0 spiro atoms. The van der Waals surface area contributed by atoms with Crippen LogP contribution in [-0.2, 0) is 12.4 Å². The van der Waals surface area contributed by atoms with Crippen LogP contribution in [0.3, 0.4) is 0 Å². The molecule has 89 valence electrons. The minimum Gasteiger partial charge on any atom is -0.166 e. The van der Waals surface area contributed by atoms with E-state index in [1.54, 1.807) is 0 Å². The van der Waals surface area contributed by atoms with Gasteiger partial charge in [-0.1, -0.05) is 6.07 Å². The maximum Gasteiger partial charge on any atom is 0.416 e. The summed E-state index contributed by atoms with van der Waals surface area (Å²) in [4.78, 5) is 0. The minimum absolute atomic E-state index is 0.273. The molecule has 0 saturated heterocycles. The number of alkyl halides is 6. The van der Waals surface area contributed by atoms with E-state index in [0.29, 0.717) is 6.07 Å². The molecule has 0 amide bonds. The molecule has 0 N–H and O–H groups in total. The molecule has 1 rings (SSSR count). The highest BCUT2D eigenvalue weighted by atomic mass is 19.4. The molecular formula is C10H7F6. The highest BCUT2D eigenvalue weighted by molar-refractivity contribution is 5.45. The topological polar surface area (TPSA) is 0 Å². The summed E-state index contributed by atoms with van der Waals surface area (Å²) >= 11 is 0. The van der Waals surface area contributed by atoms with Gasteiger partial charge in [0.1, 0.15) is 0 Å². The fourth-order valence-corrected chi connectivity index (χ4v) is 1.43.